The van der Waals surface area contributed by atoms with E-state index in [0.717, 1.165) is 4.47 Å². The lowest BCUT2D eigenvalue weighted by atomic mass is 10.2. The monoisotopic (exact) mass is 286 g/mol. The zero-order valence-corrected chi connectivity index (χ0v) is 11.2. The lowest BCUT2D eigenvalue weighted by Crippen LogP contribution is -2.37. The van der Waals surface area contributed by atoms with Crippen LogP contribution in [0, 0.1) is 0 Å². The summed E-state index contributed by atoms with van der Waals surface area (Å²) in [5, 5.41) is 0. The molecule has 0 saturated heterocycles. The van der Waals surface area contributed by atoms with Crippen molar-refractivity contribution in [1.29, 1.82) is 0 Å². The number of amides is 1. The fourth-order valence-corrected chi connectivity index (χ4v) is 1.65. The van der Waals surface area contributed by atoms with Crippen molar-refractivity contribution < 1.29 is 9.53 Å². The summed E-state index contributed by atoms with van der Waals surface area (Å²) in [5.74, 6) is -0.0571. The predicted molar refractivity (Wildman–Crippen MR) is 65.4 cm³/mol. The van der Waals surface area contributed by atoms with Crippen molar-refractivity contribution in [2.45, 2.75) is 13.0 Å². The van der Waals surface area contributed by atoms with E-state index in [1.54, 1.807) is 37.5 Å². The summed E-state index contributed by atoms with van der Waals surface area (Å²) < 4.78 is 5.81. The molecule has 1 aromatic heterocycles. The first-order valence-corrected chi connectivity index (χ1v) is 5.72. The molecule has 0 saturated carbocycles. The van der Waals surface area contributed by atoms with Crippen LogP contribution in [-0.2, 0) is 4.74 Å². The molecule has 1 heterocycles. The fraction of sp³-hybridized carbons (Fsp3) is 0.455. The molecule has 88 valence electrons. The Labute approximate surface area is 104 Å². The molecule has 16 heavy (non-hydrogen) atoms. The molecular weight excluding hydrogens is 272 g/mol. The van der Waals surface area contributed by atoms with E-state index in [9.17, 15) is 4.79 Å². The highest BCUT2D eigenvalue weighted by molar-refractivity contribution is 9.10. The van der Waals surface area contributed by atoms with Gasteiger partial charge in [-0.1, -0.05) is 0 Å². The van der Waals surface area contributed by atoms with E-state index in [0.29, 0.717) is 12.2 Å². The second kappa shape index (κ2) is 5.96. The predicted octanol–water partition coefficient (Wildman–Crippen LogP) is 1.95. The number of pyridine rings is 1. The van der Waals surface area contributed by atoms with Crippen molar-refractivity contribution in [2.75, 3.05) is 20.8 Å². The van der Waals surface area contributed by atoms with Gasteiger partial charge in [0, 0.05) is 31.0 Å². The molecule has 1 atom stereocenters. The largest absolute Gasteiger partial charge is 0.383 e. The summed E-state index contributed by atoms with van der Waals surface area (Å²) in [7, 11) is 3.38. The van der Waals surface area contributed by atoms with Crippen LogP contribution in [0.3, 0.4) is 0 Å². The van der Waals surface area contributed by atoms with Crippen molar-refractivity contribution in [3.8, 4) is 0 Å². The number of hydrogen-bond donors (Lipinski definition) is 0. The van der Waals surface area contributed by atoms with Gasteiger partial charge in [0.1, 0.15) is 0 Å². The second-order valence-corrected chi connectivity index (χ2v) is 4.53. The first-order chi connectivity index (χ1) is 7.56. The van der Waals surface area contributed by atoms with Crippen molar-refractivity contribution in [3.63, 3.8) is 0 Å². The van der Waals surface area contributed by atoms with Crippen LogP contribution in [0.1, 0.15) is 17.3 Å². The number of likely N-dealkylation sites (N-methyl/N-ethyl adjacent to an activating group) is 1. The number of methoxy groups -OCH3 is 1. The zero-order valence-electron chi connectivity index (χ0n) is 9.61. The van der Waals surface area contributed by atoms with E-state index >= 15 is 0 Å². The van der Waals surface area contributed by atoms with E-state index in [1.165, 1.54) is 0 Å². The third-order valence-electron chi connectivity index (χ3n) is 2.34. The quantitative estimate of drug-likeness (QED) is 0.850. The van der Waals surface area contributed by atoms with Crippen LogP contribution in [0.15, 0.2) is 22.9 Å². The highest BCUT2D eigenvalue weighted by Crippen LogP contribution is 2.12. The smallest absolute Gasteiger partial charge is 0.255 e. The topological polar surface area (TPSA) is 42.4 Å². The summed E-state index contributed by atoms with van der Waals surface area (Å²) >= 11 is 3.29. The van der Waals surface area contributed by atoms with Crippen LogP contribution < -0.4 is 0 Å². The SMILES string of the molecule is COCC(C)N(C)C(=O)c1cncc(Br)c1. The summed E-state index contributed by atoms with van der Waals surface area (Å²) in [6.07, 6.45) is 3.21. The van der Waals surface area contributed by atoms with Gasteiger partial charge in [-0.2, -0.15) is 0 Å². The molecule has 0 aliphatic rings. The van der Waals surface area contributed by atoms with Crippen molar-refractivity contribution in [1.82, 2.24) is 9.88 Å². The maximum absolute atomic E-state index is 12.0. The van der Waals surface area contributed by atoms with Gasteiger partial charge in [0.25, 0.3) is 5.91 Å². The summed E-state index contributed by atoms with van der Waals surface area (Å²) in [6, 6.07) is 1.79. The molecule has 0 aliphatic carbocycles. The van der Waals surface area contributed by atoms with E-state index in [-0.39, 0.29) is 11.9 Å². The molecule has 0 aromatic carbocycles. The van der Waals surface area contributed by atoms with E-state index in [4.69, 9.17) is 4.74 Å². The molecule has 1 amide bonds. The van der Waals surface area contributed by atoms with E-state index in [1.807, 2.05) is 6.92 Å². The number of nitrogens with zero attached hydrogens (tertiary/aromatic N) is 2. The van der Waals surface area contributed by atoms with Gasteiger partial charge in [0.05, 0.1) is 18.2 Å². The minimum atomic E-state index is -0.0571. The molecule has 5 heteroatoms. The number of carbonyl (C=O) groups excluding carboxylic acids is 1. The van der Waals surface area contributed by atoms with Crippen LogP contribution in [0.4, 0.5) is 0 Å². The molecule has 0 spiro atoms. The number of aromatic nitrogens is 1. The average Bonchev–Trinajstić information content (AvgIpc) is 2.27. The zero-order chi connectivity index (χ0) is 12.1. The van der Waals surface area contributed by atoms with Gasteiger partial charge >= 0.3 is 0 Å². The van der Waals surface area contributed by atoms with Gasteiger partial charge in [-0.05, 0) is 28.9 Å². The Balaban J connectivity index is 2.77. The molecule has 0 aliphatic heterocycles. The van der Waals surface area contributed by atoms with Gasteiger partial charge in [-0.3, -0.25) is 9.78 Å². The number of halogens is 1. The summed E-state index contributed by atoms with van der Waals surface area (Å²) in [6.45, 7) is 2.45. The van der Waals surface area contributed by atoms with Crippen molar-refractivity contribution >= 4 is 21.8 Å². The van der Waals surface area contributed by atoms with Gasteiger partial charge in [0.15, 0.2) is 0 Å². The maximum atomic E-state index is 12.0. The summed E-state index contributed by atoms with van der Waals surface area (Å²) in [5.41, 5.74) is 0.569. The van der Waals surface area contributed by atoms with Crippen LogP contribution in [0.5, 0.6) is 0 Å². The molecule has 1 unspecified atom stereocenters. The summed E-state index contributed by atoms with van der Waals surface area (Å²) in [4.78, 5) is 17.6. The third kappa shape index (κ3) is 3.28. The van der Waals surface area contributed by atoms with Gasteiger partial charge < -0.3 is 9.64 Å². The molecular formula is C11H15BrN2O2. The van der Waals surface area contributed by atoms with E-state index in [2.05, 4.69) is 20.9 Å². The third-order valence-corrected chi connectivity index (χ3v) is 2.77. The van der Waals surface area contributed by atoms with Crippen LogP contribution in [0.25, 0.3) is 0 Å². The molecule has 0 N–H and O–H groups in total. The molecule has 4 nitrogen and oxygen atoms in total. The van der Waals surface area contributed by atoms with Crippen LogP contribution >= 0.6 is 15.9 Å². The highest BCUT2D eigenvalue weighted by atomic mass is 79.9. The standard InChI is InChI=1S/C11H15BrN2O2/c1-8(7-16-3)14(2)11(15)9-4-10(12)6-13-5-9/h4-6,8H,7H2,1-3H3. The van der Waals surface area contributed by atoms with E-state index < -0.39 is 0 Å². The lowest BCUT2D eigenvalue weighted by molar-refractivity contribution is 0.0633. The van der Waals surface area contributed by atoms with Gasteiger partial charge in [-0.25, -0.2) is 0 Å². The number of rotatable bonds is 4. The second-order valence-electron chi connectivity index (χ2n) is 3.61. The number of carbonyl (C=O) groups is 1. The van der Waals surface area contributed by atoms with Gasteiger partial charge in [-0.15, -0.1) is 0 Å². The Bertz CT molecular complexity index is 371. The normalized spacial score (nSPS) is 12.2. The Morgan fingerprint density at radius 3 is 2.88 bits per heavy atom. The number of hydrogen-bond acceptors (Lipinski definition) is 3. The molecule has 0 bridgehead atoms. The Hall–Kier alpha value is -0.940. The lowest BCUT2D eigenvalue weighted by Gasteiger charge is -2.24. The first-order valence-electron chi connectivity index (χ1n) is 4.93. The minimum Gasteiger partial charge on any atom is -0.383 e. The highest BCUT2D eigenvalue weighted by Gasteiger charge is 2.17. The molecule has 0 fully saturated rings. The van der Waals surface area contributed by atoms with Crippen molar-refractivity contribution in [3.05, 3.63) is 28.5 Å². The molecule has 1 rings (SSSR count). The Kier molecular flexibility index (Phi) is 4.89. The molecule has 0 radical (unpaired) electrons. The minimum absolute atomic E-state index is 0.0384. The van der Waals surface area contributed by atoms with Crippen molar-refractivity contribution in [2.24, 2.45) is 0 Å². The Morgan fingerprint density at radius 2 is 2.31 bits per heavy atom. The van der Waals surface area contributed by atoms with Crippen LogP contribution in [-0.4, -0.2) is 42.6 Å². The van der Waals surface area contributed by atoms with Crippen LogP contribution in [0.2, 0.25) is 0 Å². The molecule has 1 aromatic rings. The number of ether oxygens (including phenoxy) is 1. The maximum Gasteiger partial charge on any atom is 0.255 e. The van der Waals surface area contributed by atoms with Gasteiger partial charge in [0.2, 0.25) is 0 Å². The fourth-order valence-electron chi connectivity index (χ4n) is 1.29. The average molecular weight is 287 g/mol. The first kappa shape index (κ1) is 13.1. The Morgan fingerprint density at radius 1 is 1.62 bits per heavy atom.